The molecular formula is C83H136O16P2. The van der Waals surface area contributed by atoms with Gasteiger partial charge in [0.25, 0.3) is 0 Å². The lowest BCUT2D eigenvalue weighted by Gasteiger charge is -2.21. The Labute approximate surface area is 612 Å². The van der Waals surface area contributed by atoms with E-state index in [0.29, 0.717) is 19.3 Å². The molecule has 0 amide bonds. The molecule has 0 saturated carbocycles. The number of hydrogen-bond acceptors (Lipinski definition) is 14. The van der Waals surface area contributed by atoms with Crippen molar-refractivity contribution in [2.45, 2.75) is 296 Å². The Morgan fingerprint density at radius 3 is 0.782 bits per heavy atom. The lowest BCUT2D eigenvalue weighted by atomic mass is 10.1. The van der Waals surface area contributed by atoms with E-state index in [-0.39, 0.29) is 19.3 Å². The summed E-state index contributed by atoms with van der Waals surface area (Å²) in [6.07, 6.45) is 93.9. The van der Waals surface area contributed by atoms with Gasteiger partial charge in [-0.1, -0.05) is 281 Å². The molecule has 0 aromatic rings. The van der Waals surface area contributed by atoms with Gasteiger partial charge >= 0.3 is 33.6 Å². The first-order chi connectivity index (χ1) is 49.2. The number of carbonyl (C=O) groups is 3. The SMILES string of the molecule is CC/C=C\C/C=C\C/C=C\C/C=C\C/C=C\C/C=C\CCCCCCCCCCC(=O)OCC(O)COP(=O)(O)OCC(O)COP(=O)(O)OCC(COC(=O)CCCCCCCCC/C=C\C/C=C\C/C=C\C/C=C\C/C=C\CC)OC(=O)CCCCCCC/C=C\C/C=C\C/C=C\CC. The molecular weight excluding hydrogens is 1310 g/mol. The smallest absolute Gasteiger partial charge is 0.463 e. The summed E-state index contributed by atoms with van der Waals surface area (Å²) in [6, 6.07) is 0. The molecule has 0 bridgehead atoms. The van der Waals surface area contributed by atoms with E-state index in [1.165, 1.54) is 19.3 Å². The summed E-state index contributed by atoms with van der Waals surface area (Å²) in [7, 11) is -9.81. The lowest BCUT2D eigenvalue weighted by Crippen LogP contribution is -2.30. The number of carbonyl (C=O) groups excluding carboxylic acids is 3. The van der Waals surface area contributed by atoms with E-state index < -0.39 is 91.5 Å². The van der Waals surface area contributed by atoms with Crippen LogP contribution in [0.5, 0.6) is 0 Å². The fraction of sp³-hybridized carbons (Fsp3) is 0.627. The van der Waals surface area contributed by atoms with Gasteiger partial charge in [0.1, 0.15) is 25.4 Å². The average molecular weight is 1450 g/mol. The Hall–Kier alpha value is -5.09. The molecule has 16 nitrogen and oxygen atoms in total. The molecule has 0 aliphatic rings. The van der Waals surface area contributed by atoms with Gasteiger partial charge < -0.3 is 34.2 Å². The highest BCUT2D eigenvalue weighted by Crippen LogP contribution is 2.45. The number of rotatable bonds is 71. The number of hydrogen-bond donors (Lipinski definition) is 4. The van der Waals surface area contributed by atoms with E-state index in [1.807, 2.05) is 0 Å². The minimum absolute atomic E-state index is 0.0766. The molecule has 0 aromatic carbocycles. The van der Waals surface area contributed by atoms with Crippen molar-refractivity contribution in [3.8, 4) is 0 Å². The van der Waals surface area contributed by atoms with E-state index in [2.05, 4.69) is 191 Å². The van der Waals surface area contributed by atoms with Gasteiger partial charge in [0, 0.05) is 19.3 Å². The van der Waals surface area contributed by atoms with Gasteiger partial charge in [-0.2, -0.15) is 0 Å². The first kappa shape index (κ1) is 95.9. The average Bonchev–Trinajstić information content (AvgIpc) is 0.951. The second kappa shape index (κ2) is 74.6. The number of aliphatic hydroxyl groups excluding tert-OH is 2. The molecule has 101 heavy (non-hydrogen) atoms. The third-order valence-electron chi connectivity index (χ3n) is 15.4. The summed E-state index contributed by atoms with van der Waals surface area (Å²) >= 11 is 0. The van der Waals surface area contributed by atoms with Crippen molar-refractivity contribution in [2.24, 2.45) is 0 Å². The van der Waals surface area contributed by atoms with E-state index in [9.17, 15) is 43.5 Å². The molecule has 0 aliphatic heterocycles. The molecule has 5 atom stereocenters. The molecule has 0 heterocycles. The van der Waals surface area contributed by atoms with Crippen molar-refractivity contribution in [1.82, 2.24) is 0 Å². The fourth-order valence-electron chi connectivity index (χ4n) is 9.67. The molecule has 0 rings (SSSR count). The zero-order valence-electron chi connectivity index (χ0n) is 62.5. The van der Waals surface area contributed by atoms with E-state index in [1.54, 1.807) is 0 Å². The van der Waals surface area contributed by atoms with Crippen molar-refractivity contribution in [1.29, 1.82) is 0 Å². The Kier molecular flexibility index (Phi) is 70.9. The van der Waals surface area contributed by atoms with Crippen LogP contribution in [0.2, 0.25) is 0 Å². The molecule has 0 aliphatic carbocycles. The molecule has 0 radical (unpaired) electrons. The minimum Gasteiger partial charge on any atom is -0.463 e. The van der Waals surface area contributed by atoms with E-state index in [0.717, 1.165) is 199 Å². The van der Waals surface area contributed by atoms with Crippen LogP contribution in [0.3, 0.4) is 0 Å². The Balaban J connectivity index is 4.62. The maximum absolute atomic E-state index is 13.0. The molecule has 18 heteroatoms. The predicted octanol–water partition coefficient (Wildman–Crippen LogP) is 22.4. The Bertz CT molecular complexity index is 2520. The summed E-state index contributed by atoms with van der Waals surface area (Å²) in [5.74, 6) is -1.62. The highest BCUT2D eigenvalue weighted by molar-refractivity contribution is 7.47. The summed E-state index contributed by atoms with van der Waals surface area (Å²) in [6.45, 7) is 2.28. The molecule has 5 unspecified atom stereocenters. The second-order valence-corrected chi connectivity index (χ2v) is 27.9. The largest absolute Gasteiger partial charge is 0.472 e. The van der Waals surface area contributed by atoms with Gasteiger partial charge in [-0.3, -0.25) is 32.5 Å². The molecule has 0 saturated heterocycles. The molecule has 0 fully saturated rings. The van der Waals surface area contributed by atoms with Crippen molar-refractivity contribution < 1.29 is 75.8 Å². The zero-order chi connectivity index (χ0) is 73.7. The van der Waals surface area contributed by atoms with Gasteiger partial charge in [-0.15, -0.1) is 0 Å². The molecule has 0 spiro atoms. The van der Waals surface area contributed by atoms with Crippen molar-refractivity contribution >= 4 is 33.6 Å². The van der Waals surface area contributed by atoms with Crippen LogP contribution in [0.1, 0.15) is 278 Å². The molecule has 4 N–H and O–H groups in total. The highest BCUT2D eigenvalue weighted by Gasteiger charge is 2.29. The number of esters is 3. The second-order valence-electron chi connectivity index (χ2n) is 25.0. The molecule has 0 aromatic heterocycles. The van der Waals surface area contributed by atoms with Crippen LogP contribution in [0.15, 0.2) is 170 Å². The normalized spacial score (nSPS) is 15.0. The topological polar surface area (TPSA) is 231 Å². The van der Waals surface area contributed by atoms with Crippen LogP contribution in [0, 0.1) is 0 Å². The third-order valence-corrected chi connectivity index (χ3v) is 17.3. The summed E-state index contributed by atoms with van der Waals surface area (Å²) < 4.78 is 61.1. The maximum Gasteiger partial charge on any atom is 0.472 e. The maximum atomic E-state index is 13.0. The van der Waals surface area contributed by atoms with Crippen LogP contribution in [-0.2, 0) is 55.8 Å². The molecule has 574 valence electrons. The zero-order valence-corrected chi connectivity index (χ0v) is 64.3. The van der Waals surface area contributed by atoms with Crippen molar-refractivity contribution in [3.05, 3.63) is 170 Å². The monoisotopic (exact) mass is 1450 g/mol. The van der Waals surface area contributed by atoms with Gasteiger partial charge in [-0.05, 0) is 148 Å². The minimum atomic E-state index is -4.94. The van der Waals surface area contributed by atoms with Crippen LogP contribution in [0.4, 0.5) is 0 Å². The van der Waals surface area contributed by atoms with Crippen LogP contribution in [-0.4, -0.2) is 95.9 Å². The van der Waals surface area contributed by atoms with E-state index >= 15 is 0 Å². The number of allylic oxidation sites excluding steroid dienone is 28. The lowest BCUT2D eigenvalue weighted by molar-refractivity contribution is -0.161. The standard InChI is InChI=1S/C83H136O16P2/c1-4-7-10-13-16-19-22-25-28-30-32-34-36-37-38-39-41-43-44-46-49-51-54-57-60-63-66-69-81(86)93-72-78(84)73-95-100(89,90)96-74-79(85)75-97-101(91,92)98-77-80(99-83(88)71-68-65-62-59-56-53-48-27-24-21-18-15-12-9-6-3)76-94-82(87)70-67-64-61-58-55-52-50-47-45-42-40-35-33-31-29-26-23-20-17-14-11-8-5-2/h7-12,16-21,25-29,32-35,37-38,41-43,45,48,78-80,84-85H,4-6,13-15,22-24,30-31,36,39-40,44,46-47,49-77H2,1-3H3,(H,89,90)(H,91,92)/b10-7-,11-8-,12-9-,19-16-,20-17-,21-18-,28-25-,29-26-,34-32-,35-33-,38-37-,43-41-,45-42-,48-27-. The predicted molar refractivity (Wildman–Crippen MR) is 417 cm³/mol. The third kappa shape index (κ3) is 75.9. The number of ether oxygens (including phenoxy) is 3. The summed E-state index contributed by atoms with van der Waals surface area (Å²) in [5.41, 5.74) is 0. The Morgan fingerprint density at radius 2 is 0.495 bits per heavy atom. The van der Waals surface area contributed by atoms with Crippen LogP contribution in [0.25, 0.3) is 0 Å². The number of aliphatic hydroxyl groups is 2. The van der Waals surface area contributed by atoms with Gasteiger partial charge in [0.05, 0.1) is 26.4 Å². The van der Waals surface area contributed by atoms with Crippen LogP contribution >= 0.6 is 15.6 Å². The van der Waals surface area contributed by atoms with Crippen LogP contribution < -0.4 is 0 Å². The summed E-state index contributed by atoms with van der Waals surface area (Å²) in [4.78, 5) is 58.6. The van der Waals surface area contributed by atoms with E-state index in [4.69, 9.17) is 32.3 Å². The van der Waals surface area contributed by atoms with Gasteiger partial charge in [-0.25, -0.2) is 9.13 Å². The van der Waals surface area contributed by atoms with Gasteiger partial charge in [0.2, 0.25) is 0 Å². The number of phosphoric ester groups is 2. The highest BCUT2D eigenvalue weighted by atomic mass is 31.2. The Morgan fingerprint density at radius 1 is 0.277 bits per heavy atom. The first-order valence-electron chi connectivity index (χ1n) is 38.4. The quantitative estimate of drug-likeness (QED) is 0.0146. The van der Waals surface area contributed by atoms with Crippen molar-refractivity contribution in [3.63, 3.8) is 0 Å². The van der Waals surface area contributed by atoms with Crippen molar-refractivity contribution in [2.75, 3.05) is 39.6 Å². The number of phosphoric acid groups is 2. The first-order valence-corrected chi connectivity index (χ1v) is 41.4. The van der Waals surface area contributed by atoms with Gasteiger partial charge in [0.15, 0.2) is 6.10 Å². The fourth-order valence-corrected chi connectivity index (χ4v) is 11.3. The summed E-state index contributed by atoms with van der Waals surface area (Å²) in [5, 5.41) is 20.6. The number of unbranched alkanes of at least 4 members (excludes halogenated alkanes) is 20.